The summed E-state index contributed by atoms with van der Waals surface area (Å²) in [6.07, 6.45) is 2.91. The Balaban J connectivity index is 1.69. The van der Waals surface area contributed by atoms with E-state index in [-0.39, 0.29) is 35.1 Å². The van der Waals surface area contributed by atoms with Gasteiger partial charge in [0.2, 0.25) is 21.8 Å². The van der Waals surface area contributed by atoms with Crippen molar-refractivity contribution in [2.75, 3.05) is 0 Å². The third-order valence-electron chi connectivity index (χ3n) is 7.12. The van der Waals surface area contributed by atoms with E-state index in [1.165, 1.54) is 17.2 Å². The summed E-state index contributed by atoms with van der Waals surface area (Å²) in [5, 5.41) is 8.47. The molecule has 8 heteroatoms. The van der Waals surface area contributed by atoms with E-state index in [0.717, 1.165) is 25.7 Å². The van der Waals surface area contributed by atoms with Crippen molar-refractivity contribution in [1.29, 1.82) is 0 Å². The molecule has 0 saturated carbocycles. The highest BCUT2D eigenvalue weighted by molar-refractivity contribution is 7.89. The topological polar surface area (TPSA) is 110 Å². The number of piperazine rings is 1. The molecule has 33 heavy (non-hydrogen) atoms. The van der Waals surface area contributed by atoms with Crippen LogP contribution in [0.3, 0.4) is 0 Å². The average Bonchev–Trinajstić information content (AvgIpc) is 3.22. The lowest BCUT2D eigenvalue weighted by Gasteiger charge is -2.44. The number of hydrogen-bond acceptors (Lipinski definition) is 4. The lowest BCUT2D eigenvalue weighted by Crippen LogP contribution is -2.66. The number of nitrogens with zero attached hydrogens (tertiary/aromatic N) is 1. The van der Waals surface area contributed by atoms with Crippen molar-refractivity contribution in [2.24, 2.45) is 17.0 Å². The quantitative estimate of drug-likeness (QED) is 0.649. The minimum absolute atomic E-state index is 0.0168. The number of fused-ring (bicyclic) bond motifs is 1. The molecule has 0 radical (unpaired) electrons. The number of rotatable bonds is 7. The number of nitrogens with two attached hydrogens (primary N) is 1. The number of primary sulfonamides is 1. The summed E-state index contributed by atoms with van der Waals surface area (Å²) >= 11 is 0. The standard InChI is InChI=1S/C25H31N3O4S/c1-3-16(4-2)23-24(29)27-22(20-13-17-9-5-6-10-18(17)14-20)25(30)28(23)15-19-11-7-8-12-21(19)33(26,31)32/h5-12,16,20,22-23H,3-4,13-15H2,1-2H3,(H,27,29)(H2,26,31,32)/t22-,23-/m1/s1. The highest BCUT2D eigenvalue weighted by Gasteiger charge is 2.47. The summed E-state index contributed by atoms with van der Waals surface area (Å²) in [5.41, 5.74) is 2.84. The molecule has 176 valence electrons. The monoisotopic (exact) mass is 469 g/mol. The van der Waals surface area contributed by atoms with Crippen LogP contribution in [0.1, 0.15) is 43.4 Å². The Morgan fingerprint density at radius 1 is 1.00 bits per heavy atom. The van der Waals surface area contributed by atoms with Gasteiger partial charge in [-0.1, -0.05) is 69.2 Å². The number of carbonyl (C=O) groups excluding carboxylic acids is 2. The van der Waals surface area contributed by atoms with E-state index >= 15 is 0 Å². The smallest absolute Gasteiger partial charge is 0.246 e. The molecule has 0 aromatic heterocycles. The van der Waals surface area contributed by atoms with Crippen molar-refractivity contribution in [3.63, 3.8) is 0 Å². The van der Waals surface area contributed by atoms with Crippen LogP contribution < -0.4 is 10.5 Å². The van der Waals surface area contributed by atoms with Crippen LogP contribution in [0, 0.1) is 11.8 Å². The first-order chi connectivity index (χ1) is 15.7. The Morgan fingerprint density at radius 2 is 1.58 bits per heavy atom. The largest absolute Gasteiger partial charge is 0.342 e. The molecule has 1 heterocycles. The lowest BCUT2D eigenvalue weighted by molar-refractivity contribution is -0.154. The van der Waals surface area contributed by atoms with Crippen molar-refractivity contribution in [1.82, 2.24) is 10.2 Å². The normalized spacial score (nSPS) is 21.4. The SMILES string of the molecule is CCC(CC)[C@@H]1C(=O)N[C@H](C2Cc3ccccc3C2)C(=O)N1Cc1ccccc1S(N)(=O)=O. The van der Waals surface area contributed by atoms with Gasteiger partial charge in [0.05, 0.1) is 4.90 Å². The molecular weight excluding hydrogens is 438 g/mol. The number of nitrogens with one attached hydrogen (secondary N) is 1. The van der Waals surface area contributed by atoms with Crippen LogP contribution >= 0.6 is 0 Å². The zero-order valence-electron chi connectivity index (χ0n) is 19.0. The first-order valence-electron chi connectivity index (χ1n) is 11.5. The fraction of sp³-hybridized carbons (Fsp3) is 0.440. The molecule has 1 fully saturated rings. The zero-order chi connectivity index (χ0) is 23.8. The molecule has 1 aliphatic carbocycles. The van der Waals surface area contributed by atoms with Gasteiger partial charge in [0.1, 0.15) is 12.1 Å². The van der Waals surface area contributed by atoms with Crippen molar-refractivity contribution < 1.29 is 18.0 Å². The van der Waals surface area contributed by atoms with Gasteiger partial charge >= 0.3 is 0 Å². The fourth-order valence-corrected chi connectivity index (χ4v) is 6.15. The molecule has 2 aromatic rings. The molecule has 4 rings (SSSR count). The number of benzene rings is 2. The Bertz CT molecular complexity index is 1130. The Labute approximate surface area is 195 Å². The average molecular weight is 470 g/mol. The third kappa shape index (κ3) is 4.54. The van der Waals surface area contributed by atoms with E-state index in [4.69, 9.17) is 5.14 Å². The highest BCUT2D eigenvalue weighted by Crippen LogP contribution is 2.33. The summed E-state index contributed by atoms with van der Waals surface area (Å²) in [6.45, 7) is 4.03. The van der Waals surface area contributed by atoms with E-state index in [1.54, 1.807) is 23.1 Å². The number of amides is 2. The maximum Gasteiger partial charge on any atom is 0.246 e. The fourth-order valence-electron chi connectivity index (χ4n) is 5.38. The summed E-state index contributed by atoms with van der Waals surface area (Å²) < 4.78 is 24.3. The van der Waals surface area contributed by atoms with Gasteiger partial charge < -0.3 is 10.2 Å². The summed E-state index contributed by atoms with van der Waals surface area (Å²) in [7, 11) is -3.97. The first kappa shape index (κ1) is 23.4. The molecule has 2 aromatic carbocycles. The Morgan fingerprint density at radius 3 is 2.15 bits per heavy atom. The summed E-state index contributed by atoms with van der Waals surface area (Å²) in [4.78, 5) is 28.8. The molecular formula is C25H31N3O4S. The minimum Gasteiger partial charge on any atom is -0.342 e. The molecule has 1 saturated heterocycles. The third-order valence-corrected chi connectivity index (χ3v) is 8.13. The van der Waals surface area contributed by atoms with Gasteiger partial charge in [0, 0.05) is 6.54 Å². The molecule has 2 atom stereocenters. The van der Waals surface area contributed by atoms with Gasteiger partial charge in [-0.15, -0.1) is 0 Å². The summed E-state index contributed by atoms with van der Waals surface area (Å²) in [6, 6.07) is 13.2. The highest BCUT2D eigenvalue weighted by atomic mass is 32.2. The van der Waals surface area contributed by atoms with E-state index in [9.17, 15) is 18.0 Å². The minimum atomic E-state index is -3.97. The molecule has 0 unspecified atom stereocenters. The predicted molar refractivity (Wildman–Crippen MR) is 125 cm³/mol. The van der Waals surface area contributed by atoms with Gasteiger partial charge in [-0.2, -0.15) is 0 Å². The number of sulfonamides is 1. The molecule has 7 nitrogen and oxygen atoms in total. The van der Waals surface area contributed by atoms with Crippen LogP contribution in [0.4, 0.5) is 0 Å². The molecule has 1 aliphatic heterocycles. The number of hydrogen-bond donors (Lipinski definition) is 2. The second kappa shape index (κ2) is 9.27. The predicted octanol–water partition coefficient (Wildman–Crippen LogP) is 2.38. The van der Waals surface area contributed by atoms with Gasteiger partial charge in [-0.3, -0.25) is 9.59 Å². The molecule has 2 amide bonds. The van der Waals surface area contributed by atoms with Crippen LogP contribution in [0.25, 0.3) is 0 Å². The Kier molecular flexibility index (Phi) is 6.59. The number of carbonyl (C=O) groups is 2. The zero-order valence-corrected chi connectivity index (χ0v) is 19.8. The van der Waals surface area contributed by atoms with E-state index in [0.29, 0.717) is 5.56 Å². The van der Waals surface area contributed by atoms with Gasteiger partial charge in [-0.05, 0) is 47.4 Å². The van der Waals surface area contributed by atoms with Crippen molar-refractivity contribution >= 4 is 21.8 Å². The molecule has 0 spiro atoms. The van der Waals surface area contributed by atoms with Crippen LogP contribution in [-0.4, -0.2) is 37.2 Å². The second-order valence-corrected chi connectivity index (χ2v) is 10.6. The maximum atomic E-state index is 13.9. The van der Waals surface area contributed by atoms with E-state index in [2.05, 4.69) is 17.4 Å². The second-order valence-electron chi connectivity index (χ2n) is 9.06. The van der Waals surface area contributed by atoms with Crippen molar-refractivity contribution in [3.05, 3.63) is 65.2 Å². The Hall–Kier alpha value is -2.71. The summed E-state index contributed by atoms with van der Waals surface area (Å²) in [5.74, 6) is -0.388. The van der Waals surface area contributed by atoms with Crippen molar-refractivity contribution in [3.8, 4) is 0 Å². The van der Waals surface area contributed by atoms with E-state index < -0.39 is 22.1 Å². The van der Waals surface area contributed by atoms with E-state index in [1.807, 2.05) is 26.0 Å². The molecule has 2 aliphatic rings. The molecule has 3 N–H and O–H groups in total. The van der Waals surface area contributed by atoms with Crippen LogP contribution in [0.15, 0.2) is 53.4 Å². The van der Waals surface area contributed by atoms with Crippen LogP contribution in [0.2, 0.25) is 0 Å². The van der Waals surface area contributed by atoms with Crippen molar-refractivity contribution in [2.45, 2.75) is 63.1 Å². The van der Waals surface area contributed by atoms with Gasteiger partial charge in [-0.25, -0.2) is 13.6 Å². The van der Waals surface area contributed by atoms with Gasteiger partial charge in [0.25, 0.3) is 0 Å². The first-order valence-corrected chi connectivity index (χ1v) is 13.1. The van der Waals surface area contributed by atoms with Crippen LogP contribution in [0.5, 0.6) is 0 Å². The van der Waals surface area contributed by atoms with Crippen LogP contribution in [-0.2, 0) is 39.0 Å². The maximum absolute atomic E-state index is 13.9. The molecule has 0 bridgehead atoms. The van der Waals surface area contributed by atoms with Gasteiger partial charge in [0.15, 0.2) is 0 Å². The lowest BCUT2D eigenvalue weighted by atomic mass is 9.86.